The van der Waals surface area contributed by atoms with Crippen LogP contribution in [0.3, 0.4) is 0 Å². The summed E-state index contributed by atoms with van der Waals surface area (Å²) in [5.74, 6) is -0.134. The van der Waals surface area contributed by atoms with E-state index in [2.05, 4.69) is 11.0 Å². The molecule has 0 aromatic heterocycles. The van der Waals surface area contributed by atoms with Gasteiger partial charge in [0.05, 0.1) is 12.0 Å². The molecule has 122 valence electrons. The van der Waals surface area contributed by atoms with Gasteiger partial charge in [0, 0.05) is 19.1 Å². The van der Waals surface area contributed by atoms with Crippen molar-refractivity contribution in [3.63, 3.8) is 0 Å². The molecule has 5 heteroatoms. The second kappa shape index (κ2) is 7.10. The number of piperidine rings is 1. The molecule has 1 saturated carbocycles. The van der Waals surface area contributed by atoms with Gasteiger partial charge in [-0.3, -0.25) is 9.69 Å². The average molecular weight is 315 g/mol. The monoisotopic (exact) mass is 315 g/mol. The summed E-state index contributed by atoms with van der Waals surface area (Å²) in [6, 6.07) is 9.03. The molecule has 0 spiro atoms. The zero-order chi connectivity index (χ0) is 16.2. The number of carbonyl (C=O) groups excluding carboxylic acids is 1. The van der Waals surface area contributed by atoms with Crippen LogP contribution >= 0.6 is 0 Å². The number of hydrogen-bond acceptors (Lipinski definition) is 3. The molecule has 2 aliphatic rings. The van der Waals surface area contributed by atoms with Gasteiger partial charge in [-0.1, -0.05) is 12.1 Å². The second-order valence-electron chi connectivity index (χ2n) is 6.56. The Kier molecular flexibility index (Phi) is 4.92. The summed E-state index contributed by atoms with van der Waals surface area (Å²) in [6.07, 6.45) is 3.89. The number of amides is 1. The van der Waals surface area contributed by atoms with Crippen LogP contribution in [0, 0.1) is 23.1 Å². The number of hydrogen-bond donors (Lipinski definition) is 0. The van der Waals surface area contributed by atoms with E-state index in [1.165, 1.54) is 6.07 Å². The Morgan fingerprint density at radius 1 is 1.39 bits per heavy atom. The molecule has 2 fully saturated rings. The first-order valence-corrected chi connectivity index (χ1v) is 8.31. The Morgan fingerprint density at radius 3 is 2.91 bits per heavy atom. The first-order valence-electron chi connectivity index (χ1n) is 8.31. The molecule has 1 saturated heterocycles. The molecule has 1 aromatic rings. The third kappa shape index (κ3) is 4.08. The quantitative estimate of drug-likeness (QED) is 0.785. The van der Waals surface area contributed by atoms with Gasteiger partial charge < -0.3 is 4.90 Å². The Labute approximate surface area is 136 Å². The molecule has 0 radical (unpaired) electrons. The molecule has 1 aliphatic carbocycles. The summed E-state index contributed by atoms with van der Waals surface area (Å²) in [5, 5.41) is 8.94. The van der Waals surface area contributed by atoms with Crippen LogP contribution in [0.15, 0.2) is 24.3 Å². The summed E-state index contributed by atoms with van der Waals surface area (Å²) >= 11 is 0. The maximum Gasteiger partial charge on any atom is 0.228 e. The Bertz CT molecular complexity index is 609. The summed E-state index contributed by atoms with van der Waals surface area (Å²) in [5.41, 5.74) is 0.939. The normalized spacial score (nSPS) is 21.7. The Balaban J connectivity index is 1.61. The van der Waals surface area contributed by atoms with E-state index >= 15 is 0 Å². The van der Waals surface area contributed by atoms with E-state index in [0.29, 0.717) is 13.1 Å². The van der Waals surface area contributed by atoms with E-state index in [9.17, 15) is 9.18 Å². The highest BCUT2D eigenvalue weighted by Gasteiger charge is 2.37. The number of likely N-dealkylation sites (tertiary alicyclic amines) is 1. The molecular formula is C18H22FN3O. The maximum atomic E-state index is 13.3. The van der Waals surface area contributed by atoms with Crippen LogP contribution in [0.4, 0.5) is 4.39 Å². The lowest BCUT2D eigenvalue weighted by molar-refractivity contribution is -0.137. The van der Waals surface area contributed by atoms with Gasteiger partial charge in [-0.2, -0.15) is 5.26 Å². The van der Waals surface area contributed by atoms with E-state index in [0.717, 1.165) is 37.8 Å². The maximum absolute atomic E-state index is 13.3. The fourth-order valence-electron chi connectivity index (χ4n) is 3.38. The van der Waals surface area contributed by atoms with Gasteiger partial charge in [-0.15, -0.1) is 0 Å². The van der Waals surface area contributed by atoms with E-state index in [-0.39, 0.29) is 30.2 Å². The fourth-order valence-corrected chi connectivity index (χ4v) is 3.38. The van der Waals surface area contributed by atoms with Crippen LogP contribution in [-0.2, 0) is 11.3 Å². The summed E-state index contributed by atoms with van der Waals surface area (Å²) < 4.78 is 13.3. The number of nitriles is 1. The first kappa shape index (κ1) is 15.9. The van der Waals surface area contributed by atoms with Crippen molar-refractivity contribution < 1.29 is 9.18 Å². The standard InChI is InChI=1S/C18H22FN3O/c19-16-5-1-3-14(11-16)12-21-9-2-4-15(13-21)18(23)22(10-8-20)17-6-7-17/h1,3,5,11,15,17H,2,4,6-7,9-10,12-13H2/t15-/m1/s1. The van der Waals surface area contributed by atoms with Crippen LogP contribution in [0.1, 0.15) is 31.2 Å². The number of carbonyl (C=O) groups is 1. The number of halogens is 1. The zero-order valence-corrected chi connectivity index (χ0v) is 13.2. The van der Waals surface area contributed by atoms with E-state index in [4.69, 9.17) is 5.26 Å². The Hall–Kier alpha value is -1.93. The molecule has 3 rings (SSSR count). The predicted octanol–water partition coefficient (Wildman–Crippen LogP) is 2.55. The number of benzene rings is 1. The van der Waals surface area contributed by atoms with Crippen molar-refractivity contribution in [2.75, 3.05) is 19.6 Å². The number of rotatable bonds is 5. The molecule has 0 bridgehead atoms. The van der Waals surface area contributed by atoms with Crippen molar-refractivity contribution in [3.05, 3.63) is 35.6 Å². The van der Waals surface area contributed by atoms with E-state index < -0.39 is 0 Å². The molecule has 1 aromatic carbocycles. The van der Waals surface area contributed by atoms with Gasteiger partial charge >= 0.3 is 0 Å². The molecule has 23 heavy (non-hydrogen) atoms. The van der Waals surface area contributed by atoms with Crippen molar-refractivity contribution in [3.8, 4) is 6.07 Å². The smallest absolute Gasteiger partial charge is 0.228 e. The van der Waals surface area contributed by atoms with Crippen LogP contribution < -0.4 is 0 Å². The highest BCUT2D eigenvalue weighted by Crippen LogP contribution is 2.30. The highest BCUT2D eigenvalue weighted by molar-refractivity contribution is 5.80. The Morgan fingerprint density at radius 2 is 2.22 bits per heavy atom. The summed E-state index contributed by atoms with van der Waals surface area (Å²) in [7, 11) is 0. The van der Waals surface area contributed by atoms with Crippen molar-refractivity contribution in [1.29, 1.82) is 5.26 Å². The van der Waals surface area contributed by atoms with Crippen molar-refractivity contribution in [2.45, 2.75) is 38.3 Å². The fraction of sp³-hybridized carbons (Fsp3) is 0.556. The number of nitrogens with zero attached hydrogens (tertiary/aromatic N) is 3. The minimum absolute atomic E-state index is 0.0359. The third-order valence-electron chi connectivity index (χ3n) is 4.66. The van der Waals surface area contributed by atoms with E-state index in [1.54, 1.807) is 17.0 Å². The van der Waals surface area contributed by atoms with Gasteiger partial charge in [0.1, 0.15) is 12.4 Å². The third-order valence-corrected chi connectivity index (χ3v) is 4.66. The zero-order valence-electron chi connectivity index (χ0n) is 13.2. The molecule has 4 nitrogen and oxygen atoms in total. The first-order chi connectivity index (χ1) is 11.2. The van der Waals surface area contributed by atoms with Crippen LogP contribution in [-0.4, -0.2) is 41.4 Å². The molecule has 0 unspecified atom stereocenters. The lowest BCUT2D eigenvalue weighted by atomic mass is 9.96. The van der Waals surface area contributed by atoms with Crippen molar-refractivity contribution >= 4 is 5.91 Å². The molecule has 1 aliphatic heterocycles. The molecule has 1 amide bonds. The van der Waals surface area contributed by atoms with Gasteiger partial charge in [-0.05, 0) is 49.9 Å². The van der Waals surface area contributed by atoms with E-state index in [1.807, 2.05) is 6.07 Å². The van der Waals surface area contributed by atoms with Crippen molar-refractivity contribution in [1.82, 2.24) is 9.80 Å². The molecule has 0 N–H and O–H groups in total. The van der Waals surface area contributed by atoms with Crippen LogP contribution in [0.5, 0.6) is 0 Å². The van der Waals surface area contributed by atoms with Gasteiger partial charge in [0.15, 0.2) is 0 Å². The second-order valence-corrected chi connectivity index (χ2v) is 6.56. The van der Waals surface area contributed by atoms with Crippen LogP contribution in [0.25, 0.3) is 0 Å². The molecule has 1 heterocycles. The lowest BCUT2D eigenvalue weighted by Gasteiger charge is -2.34. The summed E-state index contributed by atoms with van der Waals surface area (Å²) in [4.78, 5) is 16.7. The lowest BCUT2D eigenvalue weighted by Crippen LogP contribution is -2.45. The SMILES string of the molecule is N#CCN(C(=O)[C@@H]1CCCN(Cc2cccc(F)c2)C1)C1CC1. The minimum atomic E-state index is -0.221. The largest absolute Gasteiger partial charge is 0.326 e. The van der Waals surface area contributed by atoms with Crippen LogP contribution in [0.2, 0.25) is 0 Å². The highest BCUT2D eigenvalue weighted by atomic mass is 19.1. The minimum Gasteiger partial charge on any atom is -0.326 e. The average Bonchev–Trinajstić information content (AvgIpc) is 3.37. The predicted molar refractivity (Wildman–Crippen MR) is 84.7 cm³/mol. The molecular weight excluding hydrogens is 293 g/mol. The summed E-state index contributed by atoms with van der Waals surface area (Å²) in [6.45, 7) is 2.50. The molecule has 1 atom stereocenters. The van der Waals surface area contributed by atoms with Crippen molar-refractivity contribution in [2.24, 2.45) is 5.92 Å². The van der Waals surface area contributed by atoms with Gasteiger partial charge in [-0.25, -0.2) is 4.39 Å². The van der Waals surface area contributed by atoms with Gasteiger partial charge in [0.2, 0.25) is 5.91 Å². The topological polar surface area (TPSA) is 47.3 Å². The van der Waals surface area contributed by atoms with Gasteiger partial charge in [0.25, 0.3) is 0 Å².